The summed E-state index contributed by atoms with van der Waals surface area (Å²) in [6, 6.07) is 1.14. The minimum absolute atomic E-state index is 0.0244. The van der Waals surface area contributed by atoms with Gasteiger partial charge in [0.1, 0.15) is 28.5 Å². The van der Waals surface area contributed by atoms with Crippen LogP contribution in [0.25, 0.3) is 11.4 Å². The topological polar surface area (TPSA) is 133 Å². The number of halogens is 2. The smallest absolute Gasteiger partial charge is 0.413 e. The number of aryl methyl sites for hydroxylation is 1. The Morgan fingerprint density at radius 1 is 1.09 bits per heavy atom. The van der Waals surface area contributed by atoms with Gasteiger partial charge in [0.15, 0.2) is 5.82 Å². The van der Waals surface area contributed by atoms with E-state index >= 15 is 0 Å². The summed E-state index contributed by atoms with van der Waals surface area (Å²) in [6.07, 6.45) is 2.86. The Balaban J connectivity index is 1.70. The van der Waals surface area contributed by atoms with Crippen LogP contribution in [-0.4, -0.2) is 42.5 Å². The third-order valence-corrected chi connectivity index (χ3v) is 4.57. The summed E-state index contributed by atoms with van der Waals surface area (Å²) in [5.74, 6) is -0.108. The fourth-order valence-corrected chi connectivity index (χ4v) is 3.03. The zero-order chi connectivity index (χ0) is 25.0. The molecule has 0 bridgehead atoms. The van der Waals surface area contributed by atoms with Crippen LogP contribution in [0.2, 0.25) is 5.15 Å². The van der Waals surface area contributed by atoms with Gasteiger partial charge < -0.3 is 9.47 Å². The molecule has 0 saturated heterocycles. The first-order valence-corrected chi connectivity index (χ1v) is 10.4. The van der Waals surface area contributed by atoms with Gasteiger partial charge in [-0.3, -0.25) is 15.3 Å². The van der Waals surface area contributed by atoms with E-state index in [1.54, 1.807) is 27.8 Å². The number of hydrogen-bond acceptors (Lipinski definition) is 8. The summed E-state index contributed by atoms with van der Waals surface area (Å²) in [5, 5.41) is 9.25. The third kappa shape index (κ3) is 6.38. The molecule has 2 amide bonds. The van der Waals surface area contributed by atoms with E-state index in [0.717, 1.165) is 12.3 Å². The van der Waals surface area contributed by atoms with Crippen molar-refractivity contribution in [2.45, 2.75) is 39.4 Å². The SMILES string of the molecule is C[C@@H](OC(=O)Nc1c(-c2ncc(NC(=O)OC(C)(C)C)cn2)cnn1C)c1cc(F)cnc1Cl. The summed E-state index contributed by atoms with van der Waals surface area (Å²) in [7, 11) is 1.61. The van der Waals surface area contributed by atoms with E-state index in [1.807, 2.05) is 0 Å². The summed E-state index contributed by atoms with van der Waals surface area (Å²) in [6.45, 7) is 6.78. The highest BCUT2D eigenvalue weighted by atomic mass is 35.5. The first-order chi connectivity index (χ1) is 15.9. The Kier molecular flexibility index (Phi) is 7.30. The van der Waals surface area contributed by atoms with Crippen molar-refractivity contribution in [3.05, 3.63) is 47.4 Å². The minimum atomic E-state index is -0.873. The predicted octanol–water partition coefficient (Wildman–Crippen LogP) is 4.72. The lowest BCUT2D eigenvalue weighted by Crippen LogP contribution is -2.27. The predicted molar refractivity (Wildman–Crippen MR) is 122 cm³/mol. The Bertz CT molecular complexity index is 1190. The standard InChI is InChI=1S/C21H23ClFN7O4/c1-11(14-6-12(23)7-24-16(14)22)33-19(31)29-18-15(10-27-30(18)5)17-25-8-13(9-26-17)28-20(32)34-21(2,3)4/h6-11H,1-5H3,(H,28,32)(H,29,31)/t11-/m1/s1. The van der Waals surface area contributed by atoms with Crippen molar-refractivity contribution in [1.82, 2.24) is 24.7 Å². The maximum Gasteiger partial charge on any atom is 0.413 e. The van der Waals surface area contributed by atoms with E-state index in [-0.39, 0.29) is 22.4 Å². The van der Waals surface area contributed by atoms with Crippen LogP contribution >= 0.6 is 11.6 Å². The lowest BCUT2D eigenvalue weighted by molar-refractivity contribution is 0.0635. The number of nitrogens with zero attached hydrogens (tertiary/aromatic N) is 5. The van der Waals surface area contributed by atoms with Gasteiger partial charge in [-0.05, 0) is 33.8 Å². The Labute approximate surface area is 199 Å². The second-order valence-electron chi connectivity index (χ2n) is 8.16. The van der Waals surface area contributed by atoms with Gasteiger partial charge in [0.05, 0.1) is 36.0 Å². The largest absolute Gasteiger partial charge is 0.444 e. The fraction of sp³-hybridized carbons (Fsp3) is 0.333. The molecule has 0 spiro atoms. The first-order valence-electron chi connectivity index (χ1n) is 10.1. The highest BCUT2D eigenvalue weighted by molar-refractivity contribution is 6.30. The number of rotatable bonds is 5. The van der Waals surface area contributed by atoms with Gasteiger partial charge in [0, 0.05) is 12.6 Å². The average Bonchev–Trinajstić information content (AvgIpc) is 3.09. The number of ether oxygens (including phenoxy) is 2. The molecule has 0 aliphatic heterocycles. The molecule has 34 heavy (non-hydrogen) atoms. The van der Waals surface area contributed by atoms with Gasteiger partial charge in [-0.25, -0.2) is 28.9 Å². The number of aromatic nitrogens is 5. The van der Waals surface area contributed by atoms with Gasteiger partial charge >= 0.3 is 12.2 Å². The molecule has 0 saturated carbocycles. The Hall–Kier alpha value is -3.80. The zero-order valence-corrected chi connectivity index (χ0v) is 19.8. The molecule has 2 N–H and O–H groups in total. The van der Waals surface area contributed by atoms with Gasteiger partial charge in [0.25, 0.3) is 0 Å². The molecule has 0 unspecified atom stereocenters. The number of hydrogen-bond donors (Lipinski definition) is 2. The highest BCUT2D eigenvalue weighted by Gasteiger charge is 2.21. The van der Waals surface area contributed by atoms with E-state index in [2.05, 4.69) is 30.7 Å². The molecule has 3 aromatic heterocycles. The molecule has 0 aliphatic rings. The van der Waals surface area contributed by atoms with Gasteiger partial charge in [-0.1, -0.05) is 11.6 Å². The normalized spacial score (nSPS) is 12.1. The van der Waals surface area contributed by atoms with Crippen molar-refractivity contribution < 1.29 is 23.5 Å². The van der Waals surface area contributed by atoms with Crippen molar-refractivity contribution in [2.75, 3.05) is 10.6 Å². The van der Waals surface area contributed by atoms with E-state index in [1.165, 1.54) is 30.2 Å². The Morgan fingerprint density at radius 3 is 2.41 bits per heavy atom. The molecule has 0 aliphatic carbocycles. The summed E-state index contributed by atoms with van der Waals surface area (Å²) in [5.41, 5.74) is 0.300. The molecule has 0 fully saturated rings. The van der Waals surface area contributed by atoms with Crippen LogP contribution in [0.3, 0.4) is 0 Å². The third-order valence-electron chi connectivity index (χ3n) is 4.25. The molecule has 0 radical (unpaired) electrons. The molecule has 180 valence electrons. The highest BCUT2D eigenvalue weighted by Crippen LogP contribution is 2.27. The lowest BCUT2D eigenvalue weighted by atomic mass is 10.2. The molecule has 11 nitrogen and oxygen atoms in total. The van der Waals surface area contributed by atoms with Gasteiger partial charge in [-0.2, -0.15) is 5.10 Å². The molecule has 3 heterocycles. The second kappa shape index (κ2) is 10.00. The van der Waals surface area contributed by atoms with Crippen molar-refractivity contribution in [3.63, 3.8) is 0 Å². The number of anilines is 2. The maximum absolute atomic E-state index is 13.5. The zero-order valence-electron chi connectivity index (χ0n) is 19.1. The number of amides is 2. The minimum Gasteiger partial charge on any atom is -0.444 e. The van der Waals surface area contributed by atoms with Crippen LogP contribution in [0.15, 0.2) is 30.9 Å². The van der Waals surface area contributed by atoms with Crippen molar-refractivity contribution in [1.29, 1.82) is 0 Å². The molecule has 3 rings (SSSR count). The quantitative estimate of drug-likeness (QED) is 0.490. The number of carbonyl (C=O) groups is 2. The monoisotopic (exact) mass is 491 g/mol. The van der Waals surface area contributed by atoms with Crippen molar-refractivity contribution >= 4 is 35.3 Å². The van der Waals surface area contributed by atoms with Crippen LogP contribution in [-0.2, 0) is 16.5 Å². The van der Waals surface area contributed by atoms with E-state index in [0.29, 0.717) is 11.3 Å². The van der Waals surface area contributed by atoms with Crippen LogP contribution in [0.5, 0.6) is 0 Å². The molecule has 1 atom stereocenters. The van der Waals surface area contributed by atoms with Crippen molar-refractivity contribution in [2.24, 2.45) is 7.05 Å². The van der Waals surface area contributed by atoms with Gasteiger partial charge in [-0.15, -0.1) is 0 Å². The molecule has 0 aromatic carbocycles. The summed E-state index contributed by atoms with van der Waals surface area (Å²) >= 11 is 5.97. The summed E-state index contributed by atoms with van der Waals surface area (Å²) in [4.78, 5) is 36.5. The average molecular weight is 492 g/mol. The lowest BCUT2D eigenvalue weighted by Gasteiger charge is -2.19. The van der Waals surface area contributed by atoms with Crippen LogP contribution in [0.1, 0.15) is 39.4 Å². The van der Waals surface area contributed by atoms with E-state index < -0.39 is 29.7 Å². The number of carbonyl (C=O) groups excluding carboxylic acids is 2. The number of nitrogens with one attached hydrogen (secondary N) is 2. The van der Waals surface area contributed by atoms with Crippen LogP contribution in [0.4, 0.5) is 25.5 Å². The molecule has 3 aromatic rings. The van der Waals surface area contributed by atoms with Crippen molar-refractivity contribution in [3.8, 4) is 11.4 Å². The molecule has 13 heteroatoms. The van der Waals surface area contributed by atoms with Crippen LogP contribution < -0.4 is 10.6 Å². The van der Waals surface area contributed by atoms with Gasteiger partial charge in [0.2, 0.25) is 0 Å². The second-order valence-corrected chi connectivity index (χ2v) is 8.52. The maximum atomic E-state index is 13.5. The fourth-order valence-electron chi connectivity index (χ4n) is 2.78. The van der Waals surface area contributed by atoms with E-state index in [4.69, 9.17) is 21.1 Å². The number of pyridine rings is 1. The molecular formula is C21H23ClFN7O4. The molecular weight excluding hydrogens is 469 g/mol. The first kappa shape index (κ1) is 24.8. The summed E-state index contributed by atoms with van der Waals surface area (Å²) < 4.78 is 25.4. The van der Waals surface area contributed by atoms with Crippen LogP contribution in [0, 0.1) is 5.82 Å². The van der Waals surface area contributed by atoms with E-state index in [9.17, 15) is 14.0 Å². The Morgan fingerprint density at radius 2 is 1.76 bits per heavy atom.